The molecule has 0 aliphatic heterocycles. The van der Waals surface area contributed by atoms with E-state index in [0.717, 1.165) is 5.69 Å². The van der Waals surface area contributed by atoms with Crippen LogP contribution in [0.4, 0.5) is 0 Å². The fourth-order valence-electron chi connectivity index (χ4n) is 4.09. The molecule has 0 unspecified atom stereocenters. The fourth-order valence-corrected chi connectivity index (χ4v) is 4.09. The number of ether oxygens (including phenoxy) is 4. The number of carbonyl (C=O) groups is 5. The first-order valence-corrected chi connectivity index (χ1v) is 15.3. The number of nitrogens with zero attached hydrogens (tertiary/aromatic N) is 1. The summed E-state index contributed by atoms with van der Waals surface area (Å²) in [6.07, 6.45) is 5.71. The van der Waals surface area contributed by atoms with Gasteiger partial charge in [-0.1, -0.05) is 6.42 Å². The first-order valence-electron chi connectivity index (χ1n) is 15.3. The molecule has 1 rings (SSSR count). The van der Waals surface area contributed by atoms with Crippen LogP contribution in [-0.2, 0) is 49.3 Å². The van der Waals surface area contributed by atoms with E-state index in [4.69, 9.17) is 18.9 Å². The Morgan fingerprint density at radius 1 is 0.867 bits per heavy atom. The summed E-state index contributed by atoms with van der Waals surface area (Å²) in [6, 6.07) is 0. The number of hydrogen-bond donors (Lipinski definition) is 5. The largest absolute Gasteiger partial charge is 0.389 e. The number of nitrogens with one attached hydrogen (secondary N) is 4. The molecule has 0 bridgehead atoms. The number of imidazole rings is 1. The van der Waals surface area contributed by atoms with Crippen molar-refractivity contribution >= 4 is 29.3 Å². The summed E-state index contributed by atoms with van der Waals surface area (Å²) in [5.74, 6) is -2.05. The lowest BCUT2D eigenvalue weighted by Crippen LogP contribution is -2.43. The molecule has 0 aliphatic carbocycles. The molecule has 1 heterocycles. The first-order chi connectivity index (χ1) is 21.6. The number of unbranched alkanes of at least 4 members (excludes halogenated alkanes) is 1. The second kappa shape index (κ2) is 24.1. The zero-order valence-corrected chi connectivity index (χ0v) is 26.8. The van der Waals surface area contributed by atoms with Crippen LogP contribution in [0.1, 0.15) is 51.6 Å². The number of aromatic amines is 1. The van der Waals surface area contributed by atoms with Gasteiger partial charge in [-0.2, -0.15) is 0 Å². The zero-order chi connectivity index (χ0) is 33.3. The lowest BCUT2D eigenvalue weighted by molar-refractivity contribution is -0.140. The van der Waals surface area contributed by atoms with E-state index in [1.807, 2.05) is 0 Å². The molecule has 1 atom stereocenters. The third-order valence-corrected chi connectivity index (χ3v) is 6.97. The number of hydrogen-bond acceptors (Lipinski definition) is 11. The third-order valence-electron chi connectivity index (χ3n) is 6.97. The Morgan fingerprint density at radius 3 is 2.18 bits per heavy atom. The van der Waals surface area contributed by atoms with Crippen molar-refractivity contribution in [2.45, 2.75) is 52.4 Å². The Balaban J connectivity index is 2.16. The molecular formula is C30H51N5O10. The van der Waals surface area contributed by atoms with Crippen molar-refractivity contribution < 1.29 is 48.0 Å². The number of aliphatic hydroxyl groups is 1. The Labute approximate surface area is 264 Å². The summed E-state index contributed by atoms with van der Waals surface area (Å²) in [5.41, 5.74) is -0.381. The number of H-pyrrole nitrogens is 1. The highest BCUT2D eigenvalue weighted by molar-refractivity contribution is 6.05. The average molecular weight is 642 g/mol. The van der Waals surface area contributed by atoms with Crippen molar-refractivity contribution in [2.75, 3.05) is 79.6 Å². The number of Topliss-reactive ketones (excluding diaryl/α,β-unsaturated/α-hetero) is 2. The number of methoxy groups -OCH3 is 1. The van der Waals surface area contributed by atoms with Crippen LogP contribution >= 0.6 is 0 Å². The standard InChI is InChI=1S/C30H51N5O10/c1-30(2,29(41)34-11-9-24-18-31-22-35-24)26(38)8-7-23(25(37)19-36)6-4-5-10-32-27(39)20-45-17-16-43-13-12-33-28(40)21-44-15-14-42-3/h18,22-23,36H,4-17,19-21H2,1-3H3,(H,31,35)(H,32,39)(H,33,40)(H,34,41)/t23-/m1/s1. The SMILES string of the molecule is COCCOCC(=O)NCCOCCOCC(=O)NCCCC[C@H](CCC(=O)C(C)(C)C(=O)NCCc1cnc[nH]1)C(=O)CO. The van der Waals surface area contributed by atoms with Gasteiger partial charge < -0.3 is 45.0 Å². The number of rotatable bonds is 28. The van der Waals surface area contributed by atoms with Crippen molar-refractivity contribution in [2.24, 2.45) is 11.3 Å². The van der Waals surface area contributed by atoms with Crippen molar-refractivity contribution in [3.63, 3.8) is 0 Å². The normalized spacial score (nSPS) is 12.0. The van der Waals surface area contributed by atoms with Crippen molar-refractivity contribution in [1.82, 2.24) is 25.9 Å². The lowest BCUT2D eigenvalue weighted by Gasteiger charge is -2.23. The molecule has 0 aliphatic rings. The van der Waals surface area contributed by atoms with E-state index in [2.05, 4.69) is 25.9 Å². The minimum Gasteiger partial charge on any atom is -0.389 e. The van der Waals surface area contributed by atoms with Crippen LogP contribution < -0.4 is 16.0 Å². The summed E-state index contributed by atoms with van der Waals surface area (Å²) >= 11 is 0. The average Bonchev–Trinajstić information content (AvgIpc) is 3.54. The molecule has 15 nitrogen and oxygen atoms in total. The van der Waals surface area contributed by atoms with Gasteiger partial charge in [0.25, 0.3) is 0 Å². The Hall–Kier alpha value is -3.24. The summed E-state index contributed by atoms with van der Waals surface area (Å²) in [7, 11) is 1.55. The van der Waals surface area contributed by atoms with Gasteiger partial charge in [-0.25, -0.2) is 4.98 Å². The van der Waals surface area contributed by atoms with Crippen LogP contribution in [0.3, 0.4) is 0 Å². The number of aliphatic hydroxyl groups excluding tert-OH is 1. The predicted octanol–water partition coefficient (Wildman–Crippen LogP) is -0.280. The van der Waals surface area contributed by atoms with Gasteiger partial charge in [0.2, 0.25) is 17.7 Å². The topological polar surface area (TPSA) is 207 Å². The molecule has 1 aromatic heterocycles. The second-order valence-corrected chi connectivity index (χ2v) is 10.9. The van der Waals surface area contributed by atoms with Crippen LogP contribution in [0.15, 0.2) is 12.5 Å². The minimum atomic E-state index is -1.25. The fraction of sp³-hybridized carbons (Fsp3) is 0.733. The van der Waals surface area contributed by atoms with Gasteiger partial charge >= 0.3 is 0 Å². The van der Waals surface area contributed by atoms with E-state index in [-0.39, 0.29) is 68.6 Å². The number of ketones is 2. The van der Waals surface area contributed by atoms with Gasteiger partial charge in [0, 0.05) is 57.4 Å². The molecule has 3 amide bonds. The molecule has 5 N–H and O–H groups in total. The molecule has 45 heavy (non-hydrogen) atoms. The first kappa shape index (κ1) is 39.8. The van der Waals surface area contributed by atoms with Gasteiger partial charge in [0.05, 0.1) is 39.4 Å². The van der Waals surface area contributed by atoms with Gasteiger partial charge in [-0.05, 0) is 33.1 Å². The van der Waals surface area contributed by atoms with Gasteiger partial charge in [-0.3, -0.25) is 24.0 Å². The predicted molar refractivity (Wildman–Crippen MR) is 163 cm³/mol. The second-order valence-electron chi connectivity index (χ2n) is 10.9. The van der Waals surface area contributed by atoms with E-state index in [1.54, 1.807) is 33.5 Å². The molecule has 0 saturated carbocycles. The van der Waals surface area contributed by atoms with E-state index < -0.39 is 17.9 Å². The van der Waals surface area contributed by atoms with Gasteiger partial charge in [0.15, 0.2) is 5.78 Å². The summed E-state index contributed by atoms with van der Waals surface area (Å²) < 4.78 is 20.6. The summed E-state index contributed by atoms with van der Waals surface area (Å²) in [5, 5.41) is 17.6. The van der Waals surface area contributed by atoms with E-state index >= 15 is 0 Å². The van der Waals surface area contributed by atoms with E-state index in [0.29, 0.717) is 65.1 Å². The zero-order valence-electron chi connectivity index (χ0n) is 26.8. The molecule has 0 aromatic carbocycles. The van der Waals surface area contributed by atoms with Gasteiger partial charge in [-0.15, -0.1) is 0 Å². The van der Waals surface area contributed by atoms with Crippen LogP contribution in [0, 0.1) is 11.3 Å². The number of carbonyl (C=O) groups excluding carboxylic acids is 5. The highest BCUT2D eigenvalue weighted by Gasteiger charge is 2.35. The van der Waals surface area contributed by atoms with Crippen LogP contribution in [0.25, 0.3) is 0 Å². The Kier molecular flexibility index (Phi) is 21.3. The highest BCUT2D eigenvalue weighted by atomic mass is 16.5. The quantitative estimate of drug-likeness (QED) is 0.0594. The molecule has 0 radical (unpaired) electrons. The summed E-state index contributed by atoms with van der Waals surface area (Å²) in [6.45, 7) is 4.97. The molecule has 1 aromatic rings. The molecular weight excluding hydrogens is 590 g/mol. The Bertz CT molecular complexity index is 1000. The molecule has 0 saturated heterocycles. The van der Waals surface area contributed by atoms with Crippen molar-refractivity contribution in [3.05, 3.63) is 18.2 Å². The van der Waals surface area contributed by atoms with Gasteiger partial charge in [0.1, 0.15) is 31.0 Å². The maximum absolute atomic E-state index is 12.9. The van der Waals surface area contributed by atoms with Crippen molar-refractivity contribution in [3.8, 4) is 0 Å². The van der Waals surface area contributed by atoms with Crippen molar-refractivity contribution in [1.29, 1.82) is 0 Å². The maximum Gasteiger partial charge on any atom is 0.246 e. The van der Waals surface area contributed by atoms with Crippen LogP contribution in [-0.4, -0.2) is 124 Å². The Morgan fingerprint density at radius 2 is 1.53 bits per heavy atom. The van der Waals surface area contributed by atoms with E-state index in [1.165, 1.54) is 0 Å². The highest BCUT2D eigenvalue weighted by Crippen LogP contribution is 2.24. The molecule has 15 heteroatoms. The number of aromatic nitrogens is 2. The maximum atomic E-state index is 12.9. The smallest absolute Gasteiger partial charge is 0.246 e. The number of amides is 3. The molecule has 256 valence electrons. The summed E-state index contributed by atoms with van der Waals surface area (Å²) in [4.78, 5) is 68.2. The third kappa shape index (κ3) is 18.4. The lowest BCUT2D eigenvalue weighted by atomic mass is 9.82. The van der Waals surface area contributed by atoms with Crippen LogP contribution in [0.2, 0.25) is 0 Å². The van der Waals surface area contributed by atoms with E-state index in [9.17, 15) is 29.1 Å². The molecule has 0 fully saturated rings. The molecule has 0 spiro atoms. The monoisotopic (exact) mass is 641 g/mol. The minimum absolute atomic E-state index is 0.0358. The van der Waals surface area contributed by atoms with Crippen LogP contribution in [0.5, 0.6) is 0 Å².